The second kappa shape index (κ2) is 18.0. The molecule has 17 heteroatoms. The van der Waals surface area contributed by atoms with Crippen LogP contribution in [0, 0.1) is 0 Å². The predicted octanol–water partition coefficient (Wildman–Crippen LogP) is 5.48. The minimum Gasteiger partial charge on any atom is -0.467 e. The summed E-state index contributed by atoms with van der Waals surface area (Å²) in [7, 11) is 5.02. The first-order valence-electron chi connectivity index (χ1n) is 22.8. The Morgan fingerprint density at radius 1 is 0.761 bits per heavy atom. The summed E-state index contributed by atoms with van der Waals surface area (Å²) in [5.41, 5.74) is 9.78. The molecule has 7 aromatic rings. The Morgan fingerprint density at radius 2 is 1.55 bits per heavy atom. The Balaban J connectivity index is 0.894. The molecule has 3 aliphatic rings. The van der Waals surface area contributed by atoms with Crippen molar-refractivity contribution >= 4 is 45.9 Å². The van der Waals surface area contributed by atoms with Crippen molar-refractivity contribution in [1.82, 2.24) is 44.3 Å². The maximum atomic E-state index is 13.9. The average molecular weight is 901 g/mol. The number of anilines is 3. The molecule has 7 heterocycles. The van der Waals surface area contributed by atoms with E-state index in [9.17, 15) is 19.2 Å². The molecular weight excluding hydrogens is 849 g/mol. The number of amides is 4. The molecule has 1 unspecified atom stereocenters. The maximum absolute atomic E-state index is 13.9. The predicted molar refractivity (Wildman–Crippen MR) is 256 cm³/mol. The van der Waals surface area contributed by atoms with Gasteiger partial charge < -0.3 is 9.64 Å². The summed E-state index contributed by atoms with van der Waals surface area (Å²) in [4.78, 5) is 69.3. The smallest absolute Gasteiger partial charge is 0.353 e. The summed E-state index contributed by atoms with van der Waals surface area (Å²) in [5.74, 6) is -0.313. The number of nitrogens with zero attached hydrogens (tertiary/aromatic N) is 11. The first-order valence-corrected chi connectivity index (χ1v) is 22.8. The van der Waals surface area contributed by atoms with Gasteiger partial charge in [0.25, 0.3) is 0 Å². The number of carbonyl (C=O) groups is 3. The van der Waals surface area contributed by atoms with E-state index in [4.69, 9.17) is 14.8 Å². The number of piperazine rings is 1. The average Bonchev–Trinajstić information content (AvgIpc) is 4.01. The Labute approximate surface area is 387 Å². The molecule has 67 heavy (non-hydrogen) atoms. The van der Waals surface area contributed by atoms with Crippen LogP contribution in [0.2, 0.25) is 0 Å². The molecule has 3 aliphatic heterocycles. The Bertz CT molecular complexity index is 3080. The number of piperidine rings is 1. The number of rotatable bonds is 12. The third-order valence-electron chi connectivity index (χ3n) is 13.4. The summed E-state index contributed by atoms with van der Waals surface area (Å²) in [6.07, 6.45) is 7.41. The zero-order chi connectivity index (χ0) is 46.3. The molecule has 0 spiro atoms. The van der Waals surface area contributed by atoms with E-state index in [2.05, 4.69) is 62.5 Å². The van der Waals surface area contributed by atoms with Gasteiger partial charge in [0.1, 0.15) is 5.82 Å². The number of imide groups is 1. The number of fused-ring (bicyclic) bond motifs is 1. The van der Waals surface area contributed by atoms with Gasteiger partial charge in [-0.1, -0.05) is 43.3 Å². The Hall–Kier alpha value is -7.66. The van der Waals surface area contributed by atoms with Gasteiger partial charge in [-0.15, -0.1) is 5.10 Å². The first-order chi connectivity index (χ1) is 32.6. The number of pyridine rings is 2. The topological polar surface area (TPSA) is 169 Å². The second-order valence-electron chi connectivity index (χ2n) is 17.2. The monoisotopic (exact) mass is 900 g/mol. The number of ether oxygens (including phenoxy) is 1. The van der Waals surface area contributed by atoms with E-state index in [1.807, 2.05) is 60.3 Å². The lowest BCUT2D eigenvalue weighted by molar-refractivity contribution is -0.134. The van der Waals surface area contributed by atoms with Crippen LogP contribution in [-0.2, 0) is 36.5 Å². The third kappa shape index (κ3) is 7.98. The van der Waals surface area contributed by atoms with Crippen molar-refractivity contribution in [1.29, 1.82) is 0 Å². The van der Waals surface area contributed by atoms with Crippen LogP contribution in [0.1, 0.15) is 42.5 Å². The molecule has 4 amide bonds. The summed E-state index contributed by atoms with van der Waals surface area (Å²) >= 11 is 0. The highest BCUT2D eigenvalue weighted by molar-refractivity contribution is 6.06. The van der Waals surface area contributed by atoms with Crippen LogP contribution in [0.4, 0.5) is 22.0 Å². The molecule has 1 N–H and O–H groups in total. The number of benzene rings is 3. The van der Waals surface area contributed by atoms with Crippen LogP contribution in [0.15, 0.2) is 102 Å². The van der Waals surface area contributed by atoms with Gasteiger partial charge in [0, 0.05) is 95.4 Å². The zero-order valence-electron chi connectivity index (χ0n) is 38.1. The van der Waals surface area contributed by atoms with Gasteiger partial charge in [-0.2, -0.15) is 5.10 Å². The lowest BCUT2D eigenvalue weighted by Crippen LogP contribution is -2.47. The number of carbonyl (C=O) groups excluding carboxylic acids is 3. The molecule has 0 aliphatic carbocycles. The van der Waals surface area contributed by atoms with Gasteiger partial charge in [-0.3, -0.25) is 39.3 Å². The van der Waals surface area contributed by atoms with Gasteiger partial charge in [0.05, 0.1) is 41.8 Å². The van der Waals surface area contributed by atoms with E-state index in [1.165, 1.54) is 21.9 Å². The molecule has 4 aromatic heterocycles. The van der Waals surface area contributed by atoms with E-state index in [1.54, 1.807) is 35.4 Å². The van der Waals surface area contributed by atoms with Crippen molar-refractivity contribution in [2.75, 3.05) is 67.6 Å². The summed E-state index contributed by atoms with van der Waals surface area (Å²) in [6, 6.07) is 26.5. The van der Waals surface area contributed by atoms with E-state index < -0.39 is 5.92 Å². The van der Waals surface area contributed by atoms with Crippen molar-refractivity contribution in [3.8, 4) is 34.0 Å². The molecule has 342 valence electrons. The number of methoxy groups -OCH3 is 1. The van der Waals surface area contributed by atoms with Crippen molar-refractivity contribution in [3.05, 3.63) is 125 Å². The van der Waals surface area contributed by atoms with Gasteiger partial charge in [0.2, 0.25) is 11.8 Å². The van der Waals surface area contributed by atoms with Crippen LogP contribution < -0.4 is 30.4 Å². The van der Waals surface area contributed by atoms with Crippen molar-refractivity contribution < 1.29 is 19.1 Å². The van der Waals surface area contributed by atoms with Crippen molar-refractivity contribution in [3.63, 3.8) is 0 Å². The number of nitrogens with one attached hydrogen (secondary N) is 1. The minimum absolute atomic E-state index is 0.146. The number of hydrogen-bond donors (Lipinski definition) is 1. The van der Waals surface area contributed by atoms with Gasteiger partial charge in [-0.25, -0.2) is 23.8 Å². The molecule has 0 radical (unpaired) electrons. The first kappa shape index (κ1) is 43.2. The minimum atomic E-state index is -0.435. The van der Waals surface area contributed by atoms with Gasteiger partial charge >= 0.3 is 17.7 Å². The highest BCUT2D eigenvalue weighted by Gasteiger charge is 2.34. The highest BCUT2D eigenvalue weighted by atomic mass is 16.5. The van der Waals surface area contributed by atoms with Gasteiger partial charge in [0.15, 0.2) is 0 Å². The Morgan fingerprint density at radius 3 is 2.30 bits per heavy atom. The van der Waals surface area contributed by atoms with E-state index >= 15 is 0 Å². The molecule has 3 saturated heterocycles. The Kier molecular flexibility index (Phi) is 11.6. The number of urea groups is 1. The standard InChI is InChI=1S/C50H52N12O5/c1-5-37-39(19-22-52-46(37)61-29-28-60(50(61)66)36-9-7-21-51-31-36)38-16-15-35(62-48(67-4)55-57(3)49(62)65)30-42(38)32-11-13-34(14-12-32)59-26-24-58(25-27-59)23-20-33-8-6-10-40-44(54-56(2)45(33)40)41-17-18-43(63)53-47(41)64/h6-16,19,21-22,30-31,41H,5,17-18,20,23-29H2,1-4H3,(H,53,63,64). The largest absolute Gasteiger partial charge is 0.467 e. The third-order valence-corrected chi connectivity index (χ3v) is 13.4. The van der Waals surface area contributed by atoms with Crippen molar-refractivity contribution in [2.24, 2.45) is 14.1 Å². The fourth-order valence-corrected chi connectivity index (χ4v) is 9.96. The lowest BCUT2D eigenvalue weighted by Gasteiger charge is -2.36. The van der Waals surface area contributed by atoms with Crippen LogP contribution in [-0.4, -0.2) is 110 Å². The van der Waals surface area contributed by atoms with E-state index in [0.717, 1.165) is 94.9 Å². The second-order valence-corrected chi connectivity index (χ2v) is 17.2. The number of para-hydroxylation sites is 1. The van der Waals surface area contributed by atoms with Crippen LogP contribution in [0.25, 0.3) is 38.8 Å². The van der Waals surface area contributed by atoms with Gasteiger partial charge in [-0.05, 0) is 89.5 Å². The molecule has 1 atom stereocenters. The summed E-state index contributed by atoms with van der Waals surface area (Å²) in [5, 5.41) is 12.5. The number of aromatic nitrogens is 7. The number of hydrogen-bond acceptors (Lipinski definition) is 11. The van der Waals surface area contributed by atoms with Crippen LogP contribution >= 0.6 is 0 Å². The maximum Gasteiger partial charge on any atom is 0.353 e. The molecule has 17 nitrogen and oxygen atoms in total. The molecule has 3 fully saturated rings. The SMILES string of the molecule is CCc1c(-c2ccc(-n3c(OC)nn(C)c3=O)cc2-c2ccc(N3CCN(CCc4cccc5c(C6CCC(=O)NC6=O)nn(C)c45)CC3)cc2)ccnc1N1CCN(c2cccnc2)C1=O. The normalized spacial score (nSPS) is 16.9. The quantitative estimate of drug-likeness (QED) is 0.154. The fourth-order valence-electron chi connectivity index (χ4n) is 9.96. The van der Waals surface area contributed by atoms with E-state index in [-0.39, 0.29) is 29.5 Å². The molecule has 0 bridgehead atoms. The van der Waals surface area contributed by atoms with Crippen LogP contribution in [0.3, 0.4) is 0 Å². The molecular formula is C50H52N12O5. The molecule has 0 saturated carbocycles. The highest BCUT2D eigenvalue weighted by Crippen LogP contribution is 2.40. The van der Waals surface area contributed by atoms with Crippen molar-refractivity contribution in [2.45, 2.75) is 38.5 Å². The van der Waals surface area contributed by atoms with Crippen LogP contribution in [0.5, 0.6) is 6.01 Å². The molecule has 10 rings (SSSR count). The number of aryl methyl sites for hydroxylation is 2. The summed E-state index contributed by atoms with van der Waals surface area (Å²) < 4.78 is 10.1. The fraction of sp³-hybridized carbons (Fsp3) is 0.320. The lowest BCUT2D eigenvalue weighted by atomic mass is 9.90. The zero-order valence-corrected chi connectivity index (χ0v) is 38.1. The summed E-state index contributed by atoms with van der Waals surface area (Å²) in [6.45, 7) is 7.51. The van der Waals surface area contributed by atoms with E-state index in [0.29, 0.717) is 43.9 Å². The molecule has 3 aromatic carbocycles.